The minimum Gasteiger partial charge on any atom is -0.306 e. The maximum Gasteiger partial charge on any atom is 0.259 e. The van der Waals surface area contributed by atoms with Crippen LogP contribution in [0, 0.1) is 6.07 Å². The number of benzene rings is 2. The van der Waals surface area contributed by atoms with Crippen molar-refractivity contribution in [3.05, 3.63) is 62.9 Å². The van der Waals surface area contributed by atoms with Gasteiger partial charge in [-0.1, -0.05) is 29.3 Å². The Bertz CT molecular complexity index is 827. The molecule has 1 radical (unpaired) electrons. The summed E-state index contributed by atoms with van der Waals surface area (Å²) in [6, 6.07) is 13.1. The monoisotopic (exact) mass is 289 g/mol. The van der Waals surface area contributed by atoms with E-state index in [0.29, 0.717) is 32.3 Å². The molecule has 1 N–H and O–H groups in total. The number of nitrogens with one attached hydrogen (secondary N) is 1. The number of rotatable bonds is 1. The van der Waals surface area contributed by atoms with E-state index in [0.717, 1.165) is 0 Å². The third-order valence-electron chi connectivity index (χ3n) is 2.69. The van der Waals surface area contributed by atoms with E-state index in [-0.39, 0.29) is 5.56 Å². The van der Waals surface area contributed by atoms with Crippen LogP contribution < -0.4 is 5.56 Å². The van der Waals surface area contributed by atoms with Crippen LogP contribution >= 0.6 is 23.2 Å². The van der Waals surface area contributed by atoms with E-state index in [1.165, 1.54) is 0 Å². The first kappa shape index (κ1) is 12.2. The number of fused-ring (bicyclic) bond motifs is 1. The molecule has 1 aromatic heterocycles. The average molecular weight is 290 g/mol. The van der Waals surface area contributed by atoms with E-state index in [9.17, 15) is 4.79 Å². The van der Waals surface area contributed by atoms with Crippen molar-refractivity contribution in [1.29, 1.82) is 0 Å². The molecular weight excluding hydrogens is 283 g/mol. The van der Waals surface area contributed by atoms with Gasteiger partial charge in [0, 0.05) is 15.6 Å². The van der Waals surface area contributed by atoms with Crippen molar-refractivity contribution in [2.24, 2.45) is 0 Å². The van der Waals surface area contributed by atoms with Crippen LogP contribution in [0.25, 0.3) is 22.3 Å². The van der Waals surface area contributed by atoms with Crippen LogP contribution in [0.2, 0.25) is 10.0 Å². The minimum atomic E-state index is -0.240. The van der Waals surface area contributed by atoms with Gasteiger partial charge in [0.05, 0.1) is 10.9 Å². The molecular formula is C14H7Cl2N2O. The number of halogens is 2. The minimum absolute atomic E-state index is 0.240. The number of aromatic amines is 1. The highest BCUT2D eigenvalue weighted by atomic mass is 35.5. The maximum atomic E-state index is 12.0. The van der Waals surface area contributed by atoms with E-state index in [4.69, 9.17) is 23.2 Å². The molecule has 0 spiro atoms. The topological polar surface area (TPSA) is 45.8 Å². The molecule has 0 saturated carbocycles. The van der Waals surface area contributed by atoms with E-state index in [1.54, 1.807) is 36.4 Å². The van der Waals surface area contributed by atoms with Gasteiger partial charge >= 0.3 is 0 Å². The molecule has 19 heavy (non-hydrogen) atoms. The molecule has 2 aromatic carbocycles. The molecule has 3 nitrogen and oxygen atoms in total. The lowest BCUT2D eigenvalue weighted by molar-refractivity contribution is 1.18. The molecule has 1 heterocycles. The molecule has 3 aromatic rings. The fraction of sp³-hybridized carbons (Fsp3) is 0. The van der Waals surface area contributed by atoms with Gasteiger partial charge in [0.2, 0.25) is 0 Å². The summed E-state index contributed by atoms with van der Waals surface area (Å²) in [5, 5.41) is 1.52. The Morgan fingerprint density at radius 2 is 1.89 bits per heavy atom. The van der Waals surface area contributed by atoms with Crippen LogP contribution in [0.5, 0.6) is 0 Å². The van der Waals surface area contributed by atoms with Gasteiger partial charge in [0.15, 0.2) is 0 Å². The molecule has 93 valence electrons. The zero-order valence-electron chi connectivity index (χ0n) is 9.58. The zero-order valence-corrected chi connectivity index (χ0v) is 11.1. The predicted octanol–water partition coefficient (Wildman–Crippen LogP) is 3.70. The van der Waals surface area contributed by atoms with Gasteiger partial charge < -0.3 is 4.98 Å². The van der Waals surface area contributed by atoms with E-state index in [1.807, 2.05) is 0 Å². The highest BCUT2D eigenvalue weighted by molar-refractivity contribution is 6.31. The highest BCUT2D eigenvalue weighted by Crippen LogP contribution is 2.20. The van der Waals surface area contributed by atoms with Crippen LogP contribution in [0.1, 0.15) is 0 Å². The SMILES string of the molecule is O=c1[nH]c(-c2[c]ccc(Cl)c2)nc2ccc(Cl)cc12. The molecule has 0 aliphatic rings. The molecule has 0 saturated heterocycles. The first-order valence-corrected chi connectivity index (χ1v) is 6.26. The van der Waals surface area contributed by atoms with Gasteiger partial charge in [-0.3, -0.25) is 4.79 Å². The molecule has 0 unspecified atom stereocenters. The first-order valence-electron chi connectivity index (χ1n) is 5.51. The summed E-state index contributed by atoms with van der Waals surface area (Å²) in [6.45, 7) is 0. The number of nitrogens with zero attached hydrogens (tertiary/aromatic N) is 1. The second kappa shape index (κ2) is 4.68. The lowest BCUT2D eigenvalue weighted by Gasteiger charge is -2.03. The molecule has 0 bridgehead atoms. The normalized spacial score (nSPS) is 10.8. The van der Waals surface area contributed by atoms with Crippen molar-refractivity contribution in [3.8, 4) is 11.4 Å². The Morgan fingerprint density at radius 3 is 2.68 bits per heavy atom. The van der Waals surface area contributed by atoms with Gasteiger partial charge in [-0.15, -0.1) is 0 Å². The third kappa shape index (κ3) is 2.35. The first-order chi connectivity index (χ1) is 9.13. The molecule has 5 heteroatoms. The average Bonchev–Trinajstić information content (AvgIpc) is 2.39. The Morgan fingerprint density at radius 1 is 1.11 bits per heavy atom. The maximum absolute atomic E-state index is 12.0. The molecule has 0 atom stereocenters. The quantitative estimate of drug-likeness (QED) is 0.742. The summed E-state index contributed by atoms with van der Waals surface area (Å²) in [5.74, 6) is 0.433. The number of hydrogen-bond donors (Lipinski definition) is 1. The smallest absolute Gasteiger partial charge is 0.259 e. The largest absolute Gasteiger partial charge is 0.306 e. The Kier molecular flexibility index (Phi) is 3.01. The van der Waals surface area contributed by atoms with Gasteiger partial charge in [-0.2, -0.15) is 0 Å². The van der Waals surface area contributed by atoms with Crippen molar-refractivity contribution in [1.82, 2.24) is 9.97 Å². The Labute approximate surface area is 118 Å². The van der Waals surface area contributed by atoms with Crippen LogP contribution in [0.4, 0.5) is 0 Å². The lowest BCUT2D eigenvalue weighted by atomic mass is 10.2. The number of H-pyrrole nitrogens is 1. The molecule has 0 aliphatic heterocycles. The van der Waals surface area contributed by atoms with Crippen molar-refractivity contribution in [2.75, 3.05) is 0 Å². The van der Waals surface area contributed by atoms with Gasteiger partial charge in [-0.25, -0.2) is 4.98 Å². The summed E-state index contributed by atoms with van der Waals surface area (Å²) in [7, 11) is 0. The molecule has 0 amide bonds. The highest BCUT2D eigenvalue weighted by Gasteiger charge is 2.07. The zero-order chi connectivity index (χ0) is 13.4. The van der Waals surface area contributed by atoms with Crippen LogP contribution in [0.15, 0.2) is 41.2 Å². The summed E-state index contributed by atoms with van der Waals surface area (Å²) >= 11 is 11.8. The summed E-state index contributed by atoms with van der Waals surface area (Å²) in [6.07, 6.45) is 0. The van der Waals surface area contributed by atoms with E-state index < -0.39 is 0 Å². The van der Waals surface area contributed by atoms with Crippen LogP contribution in [-0.2, 0) is 0 Å². The van der Waals surface area contributed by atoms with Gasteiger partial charge in [0.1, 0.15) is 5.82 Å². The Hall–Kier alpha value is -1.84. The van der Waals surface area contributed by atoms with Gasteiger partial charge in [0.25, 0.3) is 5.56 Å². The van der Waals surface area contributed by atoms with Gasteiger partial charge in [-0.05, 0) is 36.4 Å². The van der Waals surface area contributed by atoms with Crippen molar-refractivity contribution in [3.63, 3.8) is 0 Å². The molecule has 0 aliphatic carbocycles. The fourth-order valence-electron chi connectivity index (χ4n) is 1.81. The molecule has 0 fully saturated rings. The lowest BCUT2D eigenvalue weighted by Crippen LogP contribution is -2.09. The third-order valence-corrected chi connectivity index (χ3v) is 3.16. The fourth-order valence-corrected chi connectivity index (χ4v) is 2.16. The van der Waals surface area contributed by atoms with Crippen LogP contribution in [0.3, 0.4) is 0 Å². The summed E-state index contributed by atoms with van der Waals surface area (Å²) in [5.41, 5.74) is 0.980. The summed E-state index contributed by atoms with van der Waals surface area (Å²) in [4.78, 5) is 19.1. The van der Waals surface area contributed by atoms with Crippen molar-refractivity contribution < 1.29 is 0 Å². The number of aromatic nitrogens is 2. The second-order valence-corrected chi connectivity index (χ2v) is 4.87. The van der Waals surface area contributed by atoms with Crippen molar-refractivity contribution >= 4 is 34.1 Å². The Balaban J connectivity index is 2.27. The summed E-state index contributed by atoms with van der Waals surface area (Å²) < 4.78 is 0. The van der Waals surface area contributed by atoms with E-state index >= 15 is 0 Å². The predicted molar refractivity (Wildman–Crippen MR) is 76.7 cm³/mol. The number of hydrogen-bond acceptors (Lipinski definition) is 2. The molecule has 3 rings (SSSR count). The standard InChI is InChI=1S/C14H7Cl2N2O/c15-9-3-1-2-8(6-9)13-17-12-5-4-10(16)7-11(12)14(19)18-13/h1,3-7H,(H,17,18,19). The van der Waals surface area contributed by atoms with Crippen LogP contribution in [-0.4, -0.2) is 9.97 Å². The van der Waals surface area contributed by atoms with Crippen molar-refractivity contribution in [2.45, 2.75) is 0 Å². The van der Waals surface area contributed by atoms with E-state index in [2.05, 4.69) is 16.0 Å². The second-order valence-electron chi connectivity index (χ2n) is 4.00.